The Hall–Kier alpha value is -0.520. The van der Waals surface area contributed by atoms with Gasteiger partial charge in [-0.1, -0.05) is 63.3 Å². The van der Waals surface area contributed by atoms with E-state index < -0.39 is 0 Å². The maximum atomic E-state index is 3.86. The Morgan fingerprint density at radius 2 is 1.12 bits per heavy atom. The largest absolute Gasteiger partial charge is 0.0917 e. The van der Waals surface area contributed by atoms with Gasteiger partial charge in [0, 0.05) is 0 Å². The van der Waals surface area contributed by atoms with E-state index in [0.29, 0.717) is 0 Å². The molecule has 0 N–H and O–H groups in total. The second kappa shape index (κ2) is 15.5. The Labute approximate surface area is 109 Å². The molecular formula is C17H31. The van der Waals surface area contributed by atoms with Crippen LogP contribution in [0.5, 0.6) is 0 Å². The summed E-state index contributed by atoms with van der Waals surface area (Å²) in [6.45, 7) is 5.96. The number of rotatable bonds is 12. The van der Waals surface area contributed by atoms with Crippen molar-refractivity contribution in [2.75, 3.05) is 0 Å². The van der Waals surface area contributed by atoms with Gasteiger partial charge < -0.3 is 0 Å². The Morgan fingerprint density at radius 3 is 1.59 bits per heavy atom. The zero-order valence-electron chi connectivity index (χ0n) is 11.8. The normalized spacial score (nSPS) is 11.9. The van der Waals surface area contributed by atoms with E-state index in [9.17, 15) is 0 Å². The molecule has 0 aromatic heterocycles. The quantitative estimate of drug-likeness (QED) is 0.277. The third-order valence-corrected chi connectivity index (χ3v) is 3.01. The van der Waals surface area contributed by atoms with Crippen LogP contribution in [0.25, 0.3) is 0 Å². The van der Waals surface area contributed by atoms with Gasteiger partial charge in [-0.15, -0.1) is 0 Å². The predicted molar refractivity (Wildman–Crippen MR) is 80.1 cm³/mol. The fraction of sp³-hybridized carbons (Fsp3) is 0.706. The minimum atomic E-state index is 1.09. The van der Waals surface area contributed by atoms with Gasteiger partial charge in [-0.3, -0.25) is 0 Å². The van der Waals surface area contributed by atoms with Gasteiger partial charge in [-0.05, 0) is 45.4 Å². The molecule has 0 unspecified atom stereocenters. The lowest BCUT2D eigenvalue weighted by Crippen LogP contribution is -1.77. The predicted octanol–water partition coefficient (Wildman–Crippen LogP) is 6.24. The van der Waals surface area contributed by atoms with Gasteiger partial charge in [-0.25, -0.2) is 0 Å². The molecule has 0 aromatic carbocycles. The lowest BCUT2D eigenvalue weighted by atomic mass is 10.1. The second-order valence-corrected chi connectivity index (χ2v) is 4.73. The SMILES string of the molecule is [CH2]CCCCC/C=C/CCCCCC/C=C/C. The van der Waals surface area contributed by atoms with Crippen molar-refractivity contribution in [2.45, 2.75) is 77.6 Å². The number of hydrogen-bond acceptors (Lipinski definition) is 0. The summed E-state index contributed by atoms with van der Waals surface area (Å²) in [6, 6.07) is 0. The molecule has 0 rings (SSSR count). The first-order chi connectivity index (χ1) is 8.41. The molecule has 0 aliphatic carbocycles. The molecule has 0 amide bonds. The van der Waals surface area contributed by atoms with Gasteiger partial charge in [0.1, 0.15) is 0 Å². The number of allylic oxidation sites excluding steroid dienone is 4. The molecule has 0 bridgehead atoms. The van der Waals surface area contributed by atoms with Crippen LogP contribution >= 0.6 is 0 Å². The fourth-order valence-electron chi connectivity index (χ4n) is 1.90. The highest BCUT2D eigenvalue weighted by atomic mass is 13.9. The lowest BCUT2D eigenvalue weighted by Gasteiger charge is -1.97. The molecule has 0 spiro atoms. The highest BCUT2D eigenvalue weighted by molar-refractivity contribution is 4.81. The molecule has 0 saturated heterocycles. The zero-order valence-corrected chi connectivity index (χ0v) is 11.8. The van der Waals surface area contributed by atoms with E-state index >= 15 is 0 Å². The van der Waals surface area contributed by atoms with Crippen molar-refractivity contribution in [1.82, 2.24) is 0 Å². The van der Waals surface area contributed by atoms with Gasteiger partial charge in [-0.2, -0.15) is 0 Å². The number of hydrogen-bond donors (Lipinski definition) is 0. The van der Waals surface area contributed by atoms with Crippen molar-refractivity contribution in [3.8, 4) is 0 Å². The van der Waals surface area contributed by atoms with Gasteiger partial charge in [0.2, 0.25) is 0 Å². The van der Waals surface area contributed by atoms with Crippen molar-refractivity contribution < 1.29 is 0 Å². The minimum absolute atomic E-state index is 1.09. The standard InChI is InChI=1S/C17H31/c1-3-5-7-9-11-13-15-17-16-14-12-10-8-6-4-2/h4,6,13,15H,1,3,5,7-12,14,16-17H2,2H3/b6-4+,15-13+. The summed E-state index contributed by atoms with van der Waals surface area (Å²) in [5, 5.41) is 0. The van der Waals surface area contributed by atoms with Gasteiger partial charge >= 0.3 is 0 Å². The zero-order chi connectivity index (χ0) is 12.6. The molecule has 99 valence electrons. The summed E-state index contributed by atoms with van der Waals surface area (Å²) in [7, 11) is 0. The molecule has 0 heterocycles. The van der Waals surface area contributed by atoms with Gasteiger partial charge in [0.05, 0.1) is 0 Å². The Kier molecular flexibility index (Phi) is 15.0. The first-order valence-corrected chi connectivity index (χ1v) is 7.47. The smallest absolute Gasteiger partial charge is 0.0351 e. The molecule has 0 saturated carbocycles. The summed E-state index contributed by atoms with van der Waals surface area (Å²) in [6.07, 6.45) is 23.5. The third-order valence-electron chi connectivity index (χ3n) is 3.01. The molecule has 1 radical (unpaired) electrons. The highest BCUT2D eigenvalue weighted by Crippen LogP contribution is 2.07. The summed E-state index contributed by atoms with van der Waals surface area (Å²) >= 11 is 0. The fourth-order valence-corrected chi connectivity index (χ4v) is 1.90. The first kappa shape index (κ1) is 16.5. The molecule has 0 aliphatic heterocycles. The molecule has 0 nitrogen and oxygen atoms in total. The van der Waals surface area contributed by atoms with Crippen molar-refractivity contribution in [1.29, 1.82) is 0 Å². The van der Waals surface area contributed by atoms with E-state index in [1.54, 1.807) is 0 Å². The van der Waals surface area contributed by atoms with Crippen LogP contribution in [0.3, 0.4) is 0 Å². The van der Waals surface area contributed by atoms with Crippen LogP contribution in [0.2, 0.25) is 0 Å². The third kappa shape index (κ3) is 15.5. The minimum Gasteiger partial charge on any atom is -0.0917 e. The average molecular weight is 235 g/mol. The molecule has 0 aromatic rings. The van der Waals surface area contributed by atoms with E-state index in [1.165, 1.54) is 64.2 Å². The van der Waals surface area contributed by atoms with Crippen molar-refractivity contribution >= 4 is 0 Å². The maximum absolute atomic E-state index is 3.86. The van der Waals surface area contributed by atoms with E-state index in [-0.39, 0.29) is 0 Å². The molecule has 0 atom stereocenters. The Balaban J connectivity index is 3.03. The van der Waals surface area contributed by atoms with E-state index in [4.69, 9.17) is 0 Å². The molecule has 0 aliphatic rings. The van der Waals surface area contributed by atoms with E-state index in [2.05, 4.69) is 38.2 Å². The van der Waals surface area contributed by atoms with E-state index in [0.717, 1.165) is 6.42 Å². The first-order valence-electron chi connectivity index (χ1n) is 7.47. The monoisotopic (exact) mass is 235 g/mol. The summed E-state index contributed by atoms with van der Waals surface area (Å²) in [5.74, 6) is 0. The van der Waals surface area contributed by atoms with Crippen LogP contribution in [-0.4, -0.2) is 0 Å². The molecule has 0 heteroatoms. The highest BCUT2D eigenvalue weighted by Gasteiger charge is 1.88. The van der Waals surface area contributed by atoms with Gasteiger partial charge in [0.25, 0.3) is 0 Å². The maximum Gasteiger partial charge on any atom is -0.0351 e. The summed E-state index contributed by atoms with van der Waals surface area (Å²) < 4.78 is 0. The van der Waals surface area contributed by atoms with Crippen LogP contribution in [0.4, 0.5) is 0 Å². The van der Waals surface area contributed by atoms with Crippen LogP contribution in [0.1, 0.15) is 77.6 Å². The Bertz CT molecular complexity index is 176. The van der Waals surface area contributed by atoms with Gasteiger partial charge in [0.15, 0.2) is 0 Å². The van der Waals surface area contributed by atoms with Crippen LogP contribution in [-0.2, 0) is 0 Å². The second-order valence-electron chi connectivity index (χ2n) is 4.73. The van der Waals surface area contributed by atoms with Crippen molar-refractivity contribution in [2.24, 2.45) is 0 Å². The molecule has 0 fully saturated rings. The van der Waals surface area contributed by atoms with Crippen molar-refractivity contribution in [3.05, 3.63) is 31.2 Å². The van der Waals surface area contributed by atoms with Crippen molar-refractivity contribution in [3.63, 3.8) is 0 Å². The summed E-state index contributed by atoms with van der Waals surface area (Å²) in [5.41, 5.74) is 0. The van der Waals surface area contributed by atoms with Crippen LogP contribution in [0, 0.1) is 6.92 Å². The topological polar surface area (TPSA) is 0 Å². The molecule has 17 heavy (non-hydrogen) atoms. The lowest BCUT2D eigenvalue weighted by molar-refractivity contribution is 0.650. The molecular weight excluding hydrogens is 204 g/mol. The van der Waals surface area contributed by atoms with Crippen LogP contribution < -0.4 is 0 Å². The Morgan fingerprint density at radius 1 is 0.647 bits per heavy atom. The van der Waals surface area contributed by atoms with E-state index in [1.807, 2.05) is 0 Å². The summed E-state index contributed by atoms with van der Waals surface area (Å²) in [4.78, 5) is 0. The number of unbranched alkanes of at least 4 members (excludes halogenated alkanes) is 9. The average Bonchev–Trinajstić information content (AvgIpc) is 2.35. The van der Waals surface area contributed by atoms with Crippen LogP contribution in [0.15, 0.2) is 24.3 Å².